The number of piperidine rings is 1. The Balaban J connectivity index is 0.00000323. The highest BCUT2D eigenvalue weighted by Gasteiger charge is 2.57. The van der Waals surface area contributed by atoms with Gasteiger partial charge in [-0.15, -0.1) is 0 Å². The molecule has 2 bridgehead atoms. The number of benzene rings is 2. The van der Waals surface area contributed by atoms with Gasteiger partial charge in [0, 0.05) is 64.3 Å². The molecule has 0 saturated carbocycles. The zero-order valence-electron chi connectivity index (χ0n) is 23.7. The highest BCUT2D eigenvalue weighted by Crippen LogP contribution is 2.47. The van der Waals surface area contributed by atoms with Gasteiger partial charge in [-0.1, -0.05) is 60.7 Å². The first-order chi connectivity index (χ1) is 19.2. The fourth-order valence-corrected chi connectivity index (χ4v) is 8.07. The number of ether oxygens (including phenoxy) is 4. The van der Waals surface area contributed by atoms with Crippen LogP contribution in [0.5, 0.6) is 0 Å². The summed E-state index contributed by atoms with van der Waals surface area (Å²) in [5, 5.41) is 0. The van der Waals surface area contributed by atoms with Crippen LogP contribution in [0, 0.1) is 5.92 Å². The maximum Gasteiger partial charge on any atom is 0.348 e. The van der Waals surface area contributed by atoms with Gasteiger partial charge < -0.3 is 35.8 Å². The minimum atomic E-state index is -1.42. The Morgan fingerprint density at radius 3 is 1.98 bits per heavy atom. The van der Waals surface area contributed by atoms with Gasteiger partial charge in [0.2, 0.25) is 5.60 Å². The summed E-state index contributed by atoms with van der Waals surface area (Å²) in [6.45, 7) is 6.45. The van der Waals surface area contributed by atoms with E-state index in [2.05, 4.69) is 0 Å². The molecule has 1 spiro atoms. The molecule has 4 aliphatic rings. The van der Waals surface area contributed by atoms with Crippen LogP contribution in [-0.2, 0) is 29.3 Å². The van der Waals surface area contributed by atoms with E-state index >= 15 is 0 Å². The van der Waals surface area contributed by atoms with Gasteiger partial charge in [0.05, 0.1) is 25.2 Å². The minimum absolute atomic E-state index is 0. The Hall–Kier alpha value is -1.96. The van der Waals surface area contributed by atoms with Crippen molar-refractivity contribution in [1.82, 2.24) is 0 Å². The Labute approximate surface area is 245 Å². The highest BCUT2D eigenvalue weighted by atomic mass is 35.5. The number of esters is 1. The van der Waals surface area contributed by atoms with Crippen molar-refractivity contribution in [2.45, 2.75) is 88.4 Å². The summed E-state index contributed by atoms with van der Waals surface area (Å²) in [5.41, 5.74) is 0.136. The molecular formula is C33H44ClNO5. The summed E-state index contributed by atoms with van der Waals surface area (Å²) in [6.07, 6.45) is 8.14. The van der Waals surface area contributed by atoms with E-state index in [9.17, 15) is 4.79 Å². The smallest absolute Gasteiger partial charge is 0.348 e. The number of halogens is 1. The lowest BCUT2D eigenvalue weighted by atomic mass is 9.85. The van der Waals surface area contributed by atoms with Crippen LogP contribution < -0.4 is 12.4 Å². The van der Waals surface area contributed by atoms with Crippen molar-refractivity contribution in [1.29, 1.82) is 0 Å². The average Bonchev–Trinajstić information content (AvgIpc) is 3.53. The van der Waals surface area contributed by atoms with Crippen LogP contribution in [0.25, 0.3) is 0 Å². The summed E-state index contributed by atoms with van der Waals surface area (Å²) in [6, 6.07) is 21.0. The van der Waals surface area contributed by atoms with E-state index in [-0.39, 0.29) is 30.4 Å². The van der Waals surface area contributed by atoms with Gasteiger partial charge >= 0.3 is 5.97 Å². The lowest BCUT2D eigenvalue weighted by Crippen LogP contribution is -3.00. The maximum absolute atomic E-state index is 14.7. The summed E-state index contributed by atoms with van der Waals surface area (Å²) in [5.74, 6) is -0.181. The van der Waals surface area contributed by atoms with Crippen molar-refractivity contribution in [3.63, 3.8) is 0 Å². The summed E-state index contributed by atoms with van der Waals surface area (Å²) >= 11 is 0. The number of carbonyl (C=O) groups excluding carboxylic acids is 1. The molecule has 4 saturated heterocycles. The molecule has 4 heterocycles. The lowest BCUT2D eigenvalue weighted by Gasteiger charge is -2.47. The zero-order chi connectivity index (χ0) is 26.7. The second kappa shape index (κ2) is 12.9. The highest BCUT2D eigenvalue weighted by molar-refractivity contribution is 5.86. The molecule has 0 N–H and O–H groups in total. The third-order valence-corrected chi connectivity index (χ3v) is 9.95. The molecule has 3 atom stereocenters. The number of nitrogens with zero attached hydrogens (tertiary/aromatic N) is 1. The van der Waals surface area contributed by atoms with E-state index in [1.807, 2.05) is 67.6 Å². The van der Waals surface area contributed by atoms with Gasteiger partial charge in [0.15, 0.2) is 6.29 Å². The maximum atomic E-state index is 14.7. The van der Waals surface area contributed by atoms with E-state index < -0.39 is 11.9 Å². The fourth-order valence-electron chi connectivity index (χ4n) is 8.07. The normalized spacial score (nSPS) is 26.8. The van der Waals surface area contributed by atoms with Crippen molar-refractivity contribution in [3.05, 3.63) is 71.8 Å². The van der Waals surface area contributed by atoms with Crippen molar-refractivity contribution in [3.8, 4) is 0 Å². The van der Waals surface area contributed by atoms with E-state index in [0.717, 1.165) is 36.8 Å². The molecule has 3 unspecified atom stereocenters. The molecule has 0 radical (unpaired) electrons. The van der Waals surface area contributed by atoms with Crippen molar-refractivity contribution < 1.29 is 40.6 Å². The molecule has 0 aliphatic carbocycles. The van der Waals surface area contributed by atoms with Gasteiger partial charge in [-0.05, 0) is 30.9 Å². The van der Waals surface area contributed by atoms with Gasteiger partial charge in [0.1, 0.15) is 6.10 Å². The predicted molar refractivity (Wildman–Crippen MR) is 149 cm³/mol. The number of hydrogen-bond acceptors (Lipinski definition) is 5. The number of rotatable bonds is 9. The fraction of sp³-hybridized carbons (Fsp3) is 0.606. The van der Waals surface area contributed by atoms with E-state index in [4.69, 9.17) is 18.9 Å². The second-order valence-corrected chi connectivity index (χ2v) is 11.9. The molecular weight excluding hydrogens is 526 g/mol. The van der Waals surface area contributed by atoms with E-state index in [0.29, 0.717) is 31.9 Å². The second-order valence-electron chi connectivity index (χ2n) is 11.9. The van der Waals surface area contributed by atoms with Crippen LogP contribution >= 0.6 is 0 Å². The molecule has 6 rings (SSSR count). The van der Waals surface area contributed by atoms with E-state index in [1.165, 1.54) is 43.3 Å². The number of carbonyl (C=O) groups is 1. The molecule has 40 heavy (non-hydrogen) atoms. The van der Waals surface area contributed by atoms with Crippen molar-refractivity contribution >= 4 is 5.97 Å². The van der Waals surface area contributed by atoms with Crippen LogP contribution in [0.1, 0.15) is 69.4 Å². The predicted octanol–water partition coefficient (Wildman–Crippen LogP) is 2.59. The summed E-state index contributed by atoms with van der Waals surface area (Å²) in [7, 11) is 0. The molecule has 6 nitrogen and oxygen atoms in total. The first kappa shape index (κ1) is 29.5. The van der Waals surface area contributed by atoms with Crippen molar-refractivity contribution in [2.24, 2.45) is 5.92 Å². The van der Waals surface area contributed by atoms with Crippen molar-refractivity contribution in [2.75, 3.05) is 32.9 Å². The van der Waals surface area contributed by atoms with Gasteiger partial charge in [-0.2, -0.15) is 0 Å². The molecule has 0 aromatic heterocycles. The average molecular weight is 570 g/mol. The topological polar surface area (TPSA) is 54.0 Å². The zero-order valence-corrected chi connectivity index (χ0v) is 24.5. The largest absolute Gasteiger partial charge is 1.00 e. The summed E-state index contributed by atoms with van der Waals surface area (Å²) in [4.78, 5) is 14.7. The monoisotopic (exact) mass is 569 g/mol. The third kappa shape index (κ3) is 5.46. The van der Waals surface area contributed by atoms with Crippen LogP contribution in [0.15, 0.2) is 60.7 Å². The van der Waals surface area contributed by atoms with Crippen LogP contribution in [0.4, 0.5) is 0 Å². The molecule has 218 valence electrons. The molecule has 4 fully saturated rings. The molecule has 4 aliphatic heterocycles. The lowest BCUT2D eigenvalue weighted by molar-refractivity contribution is -0.956. The van der Waals surface area contributed by atoms with Crippen LogP contribution in [-0.4, -0.2) is 67.8 Å². The number of quaternary nitrogens is 1. The first-order valence-corrected chi connectivity index (χ1v) is 15.2. The van der Waals surface area contributed by atoms with Gasteiger partial charge in [-0.25, -0.2) is 4.79 Å². The van der Waals surface area contributed by atoms with Gasteiger partial charge in [0.25, 0.3) is 0 Å². The van der Waals surface area contributed by atoms with Crippen LogP contribution in [0.2, 0.25) is 0 Å². The molecule has 2 aromatic carbocycles. The van der Waals surface area contributed by atoms with Gasteiger partial charge in [-0.3, -0.25) is 0 Å². The minimum Gasteiger partial charge on any atom is -1.00 e. The Kier molecular flexibility index (Phi) is 9.53. The molecule has 7 heteroatoms. The summed E-state index contributed by atoms with van der Waals surface area (Å²) < 4.78 is 26.7. The quantitative estimate of drug-likeness (QED) is 0.264. The van der Waals surface area contributed by atoms with Crippen LogP contribution in [0.3, 0.4) is 0 Å². The first-order valence-electron chi connectivity index (χ1n) is 15.2. The Morgan fingerprint density at radius 2 is 1.45 bits per heavy atom. The third-order valence-electron chi connectivity index (χ3n) is 9.95. The standard InChI is InChI=1S/C33H44NO5.ClH/c1-2-37-31(25-17-21-36-22-18-25)39-33(26-11-5-3-6-12-26,27-13-7-4-8-14-27)32(35)38-30-23-28-15-16-29(24-30)34(28)19-9-10-20-34;/h3-8,11-14,25,28-31H,2,9-10,15-24H2,1H3;1H/q+1;/p-1. The SMILES string of the molecule is CCOC(OC(C(=O)OC1CC2CCC(C1)[N+]21CCCC1)(c1ccccc1)c1ccccc1)C1CCOCC1.[Cl-]. The Bertz CT molecular complexity index is 1030. The van der Waals surface area contributed by atoms with E-state index in [1.54, 1.807) is 0 Å². The Morgan fingerprint density at radius 1 is 0.900 bits per heavy atom. The number of hydrogen-bond donors (Lipinski definition) is 0. The molecule has 2 aromatic rings. The molecule has 0 amide bonds.